The minimum absolute atomic E-state index is 0.0599. The number of pyridine rings is 1. The fourth-order valence-corrected chi connectivity index (χ4v) is 5.19. The fourth-order valence-electron chi connectivity index (χ4n) is 4.14. The molecule has 1 aliphatic heterocycles. The van der Waals surface area contributed by atoms with Gasteiger partial charge in [-0.2, -0.15) is 0 Å². The maximum Gasteiger partial charge on any atom is 0.239 e. The van der Waals surface area contributed by atoms with Gasteiger partial charge in [0.15, 0.2) is 0 Å². The van der Waals surface area contributed by atoms with Crippen LogP contribution in [0.5, 0.6) is 0 Å². The van der Waals surface area contributed by atoms with Crippen molar-refractivity contribution in [1.29, 1.82) is 0 Å². The lowest BCUT2D eigenvalue weighted by molar-refractivity contribution is -0.158. The minimum Gasteiger partial charge on any atom is -0.360 e. The number of rotatable bonds is 6. The zero-order valence-corrected chi connectivity index (χ0v) is 19.2. The molecule has 1 fully saturated rings. The van der Waals surface area contributed by atoms with Crippen LogP contribution in [0.3, 0.4) is 0 Å². The molecule has 5 rings (SSSR count). The molecule has 0 radical (unpaired) electrons. The number of hydrogen-bond donors (Lipinski definition) is 1. The molecular formula is C24H23ClN4O2S. The van der Waals surface area contributed by atoms with Gasteiger partial charge in [0.1, 0.15) is 6.23 Å². The Bertz CT molecular complexity index is 1200. The number of hydrogen-bond acceptors (Lipinski definition) is 5. The molecular weight excluding hydrogens is 444 g/mol. The van der Waals surface area contributed by atoms with E-state index in [9.17, 15) is 4.79 Å². The number of thiophene rings is 1. The standard InChI is InChI=1S/C24H23ClN4O2S/c1-31-24-15-28(12-16-2-4-17(5-3-16)21-6-7-22(25)32-21)14-23(30)29(24)13-19-10-18-11-26-9-8-20(18)27-19/h2-11,24,27H,12-15H2,1H3. The second-order valence-corrected chi connectivity index (χ2v) is 9.65. The molecule has 1 N–H and O–H groups in total. The van der Waals surface area contributed by atoms with E-state index in [0.29, 0.717) is 26.2 Å². The number of amides is 1. The van der Waals surface area contributed by atoms with Crippen molar-refractivity contribution in [1.82, 2.24) is 19.8 Å². The van der Waals surface area contributed by atoms with Crippen molar-refractivity contribution in [2.75, 3.05) is 20.2 Å². The van der Waals surface area contributed by atoms with E-state index < -0.39 is 0 Å². The number of ether oxygens (including phenoxy) is 1. The first kappa shape index (κ1) is 21.2. The van der Waals surface area contributed by atoms with Gasteiger partial charge in [-0.15, -0.1) is 11.3 Å². The lowest BCUT2D eigenvalue weighted by Crippen LogP contribution is -2.56. The fraction of sp³-hybridized carbons (Fsp3) is 0.250. The van der Waals surface area contributed by atoms with Gasteiger partial charge in [-0.25, -0.2) is 0 Å². The SMILES string of the molecule is COC1CN(Cc2ccc(-c3ccc(Cl)s3)cc2)CC(=O)N1Cc1cc2cnccc2[nH]1. The number of aromatic nitrogens is 2. The Morgan fingerprint density at radius 2 is 2.03 bits per heavy atom. The summed E-state index contributed by atoms with van der Waals surface area (Å²) in [4.78, 5) is 25.6. The van der Waals surface area contributed by atoms with Crippen LogP contribution in [-0.2, 0) is 22.6 Å². The monoisotopic (exact) mass is 466 g/mol. The maximum atomic E-state index is 13.0. The van der Waals surface area contributed by atoms with E-state index in [1.54, 1.807) is 29.5 Å². The Kier molecular flexibility index (Phi) is 5.97. The van der Waals surface area contributed by atoms with E-state index >= 15 is 0 Å². The van der Waals surface area contributed by atoms with Gasteiger partial charge in [0, 0.05) is 54.1 Å². The predicted molar refractivity (Wildman–Crippen MR) is 127 cm³/mol. The second-order valence-electron chi connectivity index (χ2n) is 7.94. The first-order chi connectivity index (χ1) is 15.6. The summed E-state index contributed by atoms with van der Waals surface area (Å²) in [5.41, 5.74) is 4.30. The molecule has 4 heterocycles. The Morgan fingerprint density at radius 1 is 1.19 bits per heavy atom. The molecule has 1 atom stereocenters. The summed E-state index contributed by atoms with van der Waals surface area (Å²) in [6.07, 6.45) is 3.28. The van der Waals surface area contributed by atoms with Gasteiger partial charge in [0.25, 0.3) is 0 Å². The summed E-state index contributed by atoms with van der Waals surface area (Å²) >= 11 is 7.62. The summed E-state index contributed by atoms with van der Waals surface area (Å²) in [6, 6.07) is 16.4. The van der Waals surface area contributed by atoms with Crippen LogP contribution in [0.1, 0.15) is 11.3 Å². The topological polar surface area (TPSA) is 61.5 Å². The molecule has 6 nitrogen and oxygen atoms in total. The molecule has 32 heavy (non-hydrogen) atoms. The van der Waals surface area contributed by atoms with E-state index in [4.69, 9.17) is 16.3 Å². The van der Waals surface area contributed by atoms with Crippen LogP contribution in [0.25, 0.3) is 21.3 Å². The van der Waals surface area contributed by atoms with Crippen molar-refractivity contribution in [2.24, 2.45) is 0 Å². The molecule has 0 aliphatic carbocycles. The third-order valence-electron chi connectivity index (χ3n) is 5.75. The molecule has 1 saturated heterocycles. The van der Waals surface area contributed by atoms with Crippen LogP contribution in [0.2, 0.25) is 4.34 Å². The average molecular weight is 467 g/mol. The number of H-pyrrole nitrogens is 1. The number of piperazine rings is 1. The lowest BCUT2D eigenvalue weighted by atomic mass is 10.1. The number of nitrogens with one attached hydrogen (secondary N) is 1. The number of carbonyl (C=O) groups excluding carboxylic acids is 1. The van der Waals surface area contributed by atoms with Crippen LogP contribution in [0.15, 0.2) is 60.9 Å². The van der Waals surface area contributed by atoms with Gasteiger partial charge < -0.3 is 14.6 Å². The van der Waals surface area contributed by atoms with Crippen molar-refractivity contribution in [3.8, 4) is 10.4 Å². The molecule has 8 heteroatoms. The van der Waals surface area contributed by atoms with Gasteiger partial charge in [-0.3, -0.25) is 14.7 Å². The van der Waals surface area contributed by atoms with Crippen molar-refractivity contribution in [3.05, 3.63) is 76.5 Å². The first-order valence-corrected chi connectivity index (χ1v) is 11.6. The molecule has 0 spiro atoms. The largest absolute Gasteiger partial charge is 0.360 e. The molecule has 3 aromatic heterocycles. The van der Waals surface area contributed by atoms with Crippen molar-refractivity contribution in [3.63, 3.8) is 0 Å². The highest BCUT2D eigenvalue weighted by molar-refractivity contribution is 7.19. The number of nitrogens with zero attached hydrogens (tertiary/aromatic N) is 3. The predicted octanol–water partition coefficient (Wildman–Crippen LogP) is 4.76. The van der Waals surface area contributed by atoms with E-state index in [1.807, 2.05) is 30.5 Å². The van der Waals surface area contributed by atoms with Gasteiger partial charge in [-0.05, 0) is 35.4 Å². The van der Waals surface area contributed by atoms with Gasteiger partial charge >= 0.3 is 0 Å². The number of halogens is 1. The Labute approximate surface area is 195 Å². The van der Waals surface area contributed by atoms with Gasteiger partial charge in [0.05, 0.1) is 17.4 Å². The number of methoxy groups -OCH3 is 1. The van der Waals surface area contributed by atoms with Crippen molar-refractivity contribution in [2.45, 2.75) is 19.3 Å². The summed E-state index contributed by atoms with van der Waals surface area (Å²) < 4.78 is 6.48. The van der Waals surface area contributed by atoms with E-state index in [2.05, 4.69) is 39.1 Å². The zero-order chi connectivity index (χ0) is 22.1. The highest BCUT2D eigenvalue weighted by atomic mass is 35.5. The minimum atomic E-state index is -0.298. The highest BCUT2D eigenvalue weighted by Gasteiger charge is 2.32. The summed E-state index contributed by atoms with van der Waals surface area (Å²) in [6.45, 7) is 2.21. The average Bonchev–Trinajstić information content (AvgIpc) is 3.41. The normalized spacial score (nSPS) is 17.4. The smallest absolute Gasteiger partial charge is 0.239 e. The van der Waals surface area contributed by atoms with E-state index in [-0.39, 0.29) is 12.1 Å². The van der Waals surface area contributed by atoms with Crippen LogP contribution in [0, 0.1) is 0 Å². The number of carbonyl (C=O) groups is 1. The Morgan fingerprint density at radius 3 is 2.75 bits per heavy atom. The molecule has 0 saturated carbocycles. The summed E-state index contributed by atoms with van der Waals surface area (Å²) in [5, 5.41) is 1.04. The van der Waals surface area contributed by atoms with Crippen LogP contribution in [-0.4, -0.2) is 52.1 Å². The van der Waals surface area contributed by atoms with Crippen molar-refractivity contribution < 1.29 is 9.53 Å². The lowest BCUT2D eigenvalue weighted by Gasteiger charge is -2.40. The van der Waals surface area contributed by atoms with Crippen LogP contribution < -0.4 is 0 Å². The van der Waals surface area contributed by atoms with Crippen LogP contribution in [0.4, 0.5) is 0 Å². The number of benzene rings is 1. The van der Waals surface area contributed by atoms with E-state index in [0.717, 1.165) is 36.9 Å². The number of aromatic amines is 1. The van der Waals surface area contributed by atoms with Gasteiger partial charge in [-0.1, -0.05) is 35.9 Å². The molecule has 1 unspecified atom stereocenters. The third kappa shape index (κ3) is 4.42. The highest BCUT2D eigenvalue weighted by Crippen LogP contribution is 2.31. The molecule has 1 aromatic carbocycles. The van der Waals surface area contributed by atoms with Crippen molar-refractivity contribution >= 4 is 39.7 Å². The second kappa shape index (κ2) is 9.03. The Balaban J connectivity index is 1.25. The molecule has 1 aliphatic rings. The first-order valence-electron chi connectivity index (χ1n) is 10.4. The molecule has 164 valence electrons. The maximum absolute atomic E-state index is 13.0. The molecule has 0 bridgehead atoms. The Hall–Kier alpha value is -2.71. The zero-order valence-electron chi connectivity index (χ0n) is 17.6. The van der Waals surface area contributed by atoms with E-state index in [1.165, 1.54) is 0 Å². The number of fused-ring (bicyclic) bond motifs is 1. The molecule has 4 aromatic rings. The summed E-state index contributed by atoms with van der Waals surface area (Å²) in [5.74, 6) is 0.0599. The summed E-state index contributed by atoms with van der Waals surface area (Å²) in [7, 11) is 1.66. The van der Waals surface area contributed by atoms with Crippen LogP contribution >= 0.6 is 22.9 Å². The molecule has 1 amide bonds. The third-order valence-corrected chi connectivity index (χ3v) is 7.03. The van der Waals surface area contributed by atoms with Gasteiger partial charge in [0.2, 0.25) is 5.91 Å². The quantitative estimate of drug-likeness (QED) is 0.445.